The van der Waals surface area contributed by atoms with E-state index in [9.17, 15) is 19.5 Å². The van der Waals surface area contributed by atoms with Gasteiger partial charge in [-0.3, -0.25) is 14.9 Å². The number of aromatic amines is 2. The van der Waals surface area contributed by atoms with Gasteiger partial charge in [-0.25, -0.2) is 4.79 Å². The van der Waals surface area contributed by atoms with Crippen LogP contribution in [0.3, 0.4) is 0 Å². The van der Waals surface area contributed by atoms with Crippen molar-refractivity contribution in [3.63, 3.8) is 0 Å². The van der Waals surface area contributed by atoms with E-state index in [1.54, 1.807) is 59.5 Å². The van der Waals surface area contributed by atoms with Crippen LogP contribution in [0.15, 0.2) is 60.0 Å². The fraction of sp³-hybridized carbons (Fsp3) is 0.129. The number of thiophene rings is 1. The first kappa shape index (κ1) is 26.9. The van der Waals surface area contributed by atoms with Crippen LogP contribution in [0.4, 0.5) is 21.9 Å². The fourth-order valence-corrected chi connectivity index (χ4v) is 7.09. The van der Waals surface area contributed by atoms with Gasteiger partial charge in [0.1, 0.15) is 17.1 Å². The number of aromatic hydroxyl groups is 1. The monoisotopic (exact) mass is 613 g/mol. The number of benzene rings is 3. The van der Waals surface area contributed by atoms with Crippen LogP contribution in [0.5, 0.6) is 5.75 Å². The lowest BCUT2D eigenvalue weighted by molar-refractivity contribution is 0.0982. The van der Waals surface area contributed by atoms with E-state index in [1.807, 2.05) is 12.3 Å². The predicted octanol–water partition coefficient (Wildman–Crippen LogP) is 7.20. The summed E-state index contributed by atoms with van der Waals surface area (Å²) in [6, 6.07) is 15.3. The first-order valence-corrected chi connectivity index (χ1v) is 14.8. The highest BCUT2D eigenvalue weighted by atomic mass is 35.5. The number of halogens is 1. The van der Waals surface area contributed by atoms with Crippen molar-refractivity contribution in [1.82, 2.24) is 9.97 Å². The zero-order valence-electron chi connectivity index (χ0n) is 22.6. The summed E-state index contributed by atoms with van der Waals surface area (Å²) in [4.78, 5) is 45.6. The normalized spacial score (nSPS) is 14.5. The Kier molecular flexibility index (Phi) is 6.29. The molecule has 0 aliphatic carbocycles. The maximum absolute atomic E-state index is 13.8. The van der Waals surface area contributed by atoms with Gasteiger partial charge in [-0.15, -0.1) is 22.9 Å². The van der Waals surface area contributed by atoms with Gasteiger partial charge in [0, 0.05) is 63.0 Å². The highest BCUT2D eigenvalue weighted by Crippen LogP contribution is 2.48. The number of amides is 3. The van der Waals surface area contributed by atoms with E-state index in [0.717, 1.165) is 32.1 Å². The largest absolute Gasteiger partial charge is 0.506 e. The van der Waals surface area contributed by atoms with E-state index < -0.39 is 6.09 Å². The number of hydrogen-bond acceptors (Lipinski definition) is 5. The van der Waals surface area contributed by atoms with Gasteiger partial charge < -0.3 is 30.4 Å². The zero-order chi connectivity index (χ0) is 30.0. The second-order valence-corrected chi connectivity index (χ2v) is 11.8. The van der Waals surface area contributed by atoms with Gasteiger partial charge in [-0.2, -0.15) is 0 Å². The second kappa shape index (κ2) is 10.1. The molecule has 1 aliphatic heterocycles. The zero-order valence-corrected chi connectivity index (χ0v) is 24.2. The highest BCUT2D eigenvalue weighted by molar-refractivity contribution is 7.17. The van der Waals surface area contributed by atoms with E-state index >= 15 is 0 Å². The minimum Gasteiger partial charge on any atom is -0.506 e. The van der Waals surface area contributed by atoms with E-state index in [-0.39, 0.29) is 23.5 Å². The highest BCUT2D eigenvalue weighted by Gasteiger charge is 2.36. The Morgan fingerprint density at radius 1 is 0.977 bits per heavy atom. The maximum atomic E-state index is 13.8. The minimum atomic E-state index is -1.17. The SMILES string of the molecule is Cc1csc2c(O)cc3c(c12)[C@H](CCl)CN3C(=O)c1cc2cc(NC(=O)c3cc4cc(NC(=O)O)ccc4[nH]3)ccc2[nH]1. The van der Waals surface area contributed by atoms with Crippen molar-refractivity contribution in [2.45, 2.75) is 12.8 Å². The number of fused-ring (bicyclic) bond motifs is 5. The molecule has 0 saturated carbocycles. The molecule has 0 spiro atoms. The van der Waals surface area contributed by atoms with Gasteiger partial charge in [0.25, 0.3) is 11.8 Å². The van der Waals surface area contributed by atoms with Crippen LogP contribution in [-0.2, 0) is 0 Å². The number of aryl methyl sites for hydroxylation is 1. The molecule has 4 heterocycles. The predicted molar refractivity (Wildman–Crippen MR) is 170 cm³/mol. The molecule has 7 rings (SSSR count). The molecule has 0 saturated heterocycles. The molecule has 216 valence electrons. The maximum Gasteiger partial charge on any atom is 0.409 e. The molecule has 0 radical (unpaired) electrons. The summed E-state index contributed by atoms with van der Waals surface area (Å²) in [6.07, 6.45) is -1.17. The van der Waals surface area contributed by atoms with Gasteiger partial charge in [-0.1, -0.05) is 0 Å². The van der Waals surface area contributed by atoms with Crippen LogP contribution >= 0.6 is 22.9 Å². The number of nitrogens with one attached hydrogen (secondary N) is 4. The second-order valence-electron chi connectivity index (χ2n) is 10.6. The molecule has 6 N–H and O–H groups in total. The first-order chi connectivity index (χ1) is 20.7. The number of carbonyl (C=O) groups is 3. The summed E-state index contributed by atoms with van der Waals surface area (Å²) >= 11 is 7.84. The summed E-state index contributed by atoms with van der Waals surface area (Å²) in [5.41, 5.74) is 5.74. The third-order valence-corrected chi connectivity index (χ3v) is 9.28. The molecule has 1 aliphatic rings. The number of nitrogens with zero attached hydrogens (tertiary/aromatic N) is 1. The number of anilines is 3. The van der Waals surface area contributed by atoms with Crippen LogP contribution in [0.1, 0.15) is 38.0 Å². The van der Waals surface area contributed by atoms with Crippen LogP contribution in [0.2, 0.25) is 0 Å². The number of H-pyrrole nitrogens is 2. The lowest BCUT2D eigenvalue weighted by Gasteiger charge is -2.17. The molecule has 0 unspecified atom stereocenters. The topological polar surface area (TPSA) is 151 Å². The van der Waals surface area contributed by atoms with Gasteiger partial charge >= 0.3 is 6.09 Å². The Labute approximate surface area is 252 Å². The molecule has 0 fully saturated rings. The number of carbonyl (C=O) groups excluding carboxylic acids is 2. The van der Waals surface area contributed by atoms with Gasteiger partial charge in [0.2, 0.25) is 0 Å². The van der Waals surface area contributed by atoms with E-state index in [2.05, 4.69) is 20.6 Å². The van der Waals surface area contributed by atoms with Crippen molar-refractivity contribution in [1.29, 1.82) is 0 Å². The average molecular weight is 614 g/mol. The molecular weight excluding hydrogens is 590 g/mol. The van der Waals surface area contributed by atoms with Crippen LogP contribution in [0.25, 0.3) is 31.9 Å². The fourth-order valence-electron chi connectivity index (χ4n) is 5.86. The number of hydrogen-bond donors (Lipinski definition) is 6. The number of alkyl halides is 1. The van der Waals surface area contributed by atoms with E-state index in [0.29, 0.717) is 51.8 Å². The summed E-state index contributed by atoms with van der Waals surface area (Å²) in [5.74, 6) is -0.182. The quantitative estimate of drug-likeness (QED) is 0.114. The summed E-state index contributed by atoms with van der Waals surface area (Å²) in [6.45, 7) is 2.40. The van der Waals surface area contributed by atoms with Gasteiger partial charge in [0.05, 0.1) is 10.4 Å². The number of carboxylic acid groups (broad SMARTS) is 1. The van der Waals surface area contributed by atoms with E-state index in [4.69, 9.17) is 16.7 Å². The van der Waals surface area contributed by atoms with Crippen molar-refractivity contribution in [2.75, 3.05) is 28.0 Å². The Bertz CT molecular complexity index is 2130. The van der Waals surface area contributed by atoms with Crippen molar-refractivity contribution < 1.29 is 24.6 Å². The number of aromatic nitrogens is 2. The smallest absolute Gasteiger partial charge is 0.409 e. The molecule has 1 atom stereocenters. The molecule has 6 aromatic rings. The van der Waals surface area contributed by atoms with Crippen molar-refractivity contribution in [3.8, 4) is 5.75 Å². The Morgan fingerprint density at radius 2 is 1.63 bits per heavy atom. The lowest BCUT2D eigenvalue weighted by Crippen LogP contribution is -2.30. The number of rotatable bonds is 5. The minimum absolute atomic E-state index is 0.0622. The van der Waals surface area contributed by atoms with Gasteiger partial charge in [0.15, 0.2) is 0 Å². The molecule has 12 heteroatoms. The Balaban J connectivity index is 1.15. The molecular formula is C31H24ClN5O5S. The summed E-state index contributed by atoms with van der Waals surface area (Å²) < 4.78 is 0.799. The Morgan fingerprint density at radius 3 is 2.30 bits per heavy atom. The third-order valence-electron chi connectivity index (χ3n) is 7.79. The average Bonchev–Trinajstić information content (AvgIpc) is 3.75. The van der Waals surface area contributed by atoms with Crippen molar-refractivity contribution >= 4 is 89.8 Å². The Hall–Kier alpha value is -5.00. The van der Waals surface area contributed by atoms with Crippen LogP contribution < -0.4 is 15.5 Å². The summed E-state index contributed by atoms with van der Waals surface area (Å²) in [7, 11) is 0. The number of phenols is 1. The first-order valence-electron chi connectivity index (χ1n) is 13.4. The number of phenolic OH excluding ortho intramolecular Hbond substituents is 1. The van der Waals surface area contributed by atoms with Crippen LogP contribution in [-0.4, -0.2) is 50.5 Å². The molecule has 3 aromatic carbocycles. The van der Waals surface area contributed by atoms with E-state index in [1.165, 1.54) is 11.3 Å². The molecule has 43 heavy (non-hydrogen) atoms. The molecule has 10 nitrogen and oxygen atoms in total. The summed E-state index contributed by atoms with van der Waals surface area (Å²) in [5, 5.41) is 29.2. The third kappa shape index (κ3) is 4.53. The van der Waals surface area contributed by atoms with Gasteiger partial charge in [-0.05, 0) is 72.0 Å². The van der Waals surface area contributed by atoms with Crippen molar-refractivity contribution in [3.05, 3.63) is 82.5 Å². The molecule has 3 aromatic heterocycles. The lowest BCUT2D eigenvalue weighted by atomic mass is 9.97. The standard InChI is InChI=1S/C31H24ClN5O5S/c1-14-13-43-28-25(38)10-24-27(26(14)28)17(11-32)12-37(24)30(40)23-9-16-6-18(2-4-21(16)36-23)33-29(39)22-8-15-7-19(34-31(41)42)3-5-20(15)35-22/h2-10,13,17,34-36,38H,11-12H2,1H3,(H,33,39)(H,41,42)/t17-/m1/s1. The van der Waals surface area contributed by atoms with Crippen molar-refractivity contribution in [2.24, 2.45) is 0 Å². The molecule has 0 bridgehead atoms. The van der Waals surface area contributed by atoms with Crippen LogP contribution in [0, 0.1) is 6.92 Å². The molecule has 3 amide bonds.